The van der Waals surface area contributed by atoms with Gasteiger partial charge in [0.15, 0.2) is 11.6 Å². The first kappa shape index (κ1) is 12.1. The second-order valence-electron chi connectivity index (χ2n) is 1.98. The van der Waals surface area contributed by atoms with Crippen LogP contribution < -0.4 is 0 Å². The van der Waals surface area contributed by atoms with Gasteiger partial charge in [-0.2, -0.15) is 4.39 Å². The molecule has 78 valence electrons. The van der Waals surface area contributed by atoms with Gasteiger partial charge in [0.05, 0.1) is 13.2 Å². The molecule has 0 radical (unpaired) electrons. The van der Waals surface area contributed by atoms with Gasteiger partial charge in [0.25, 0.3) is 5.83 Å². The van der Waals surface area contributed by atoms with Gasteiger partial charge in [0.1, 0.15) is 0 Å². The summed E-state index contributed by atoms with van der Waals surface area (Å²) in [5.74, 6) is -8.51. The van der Waals surface area contributed by atoms with Crippen LogP contribution in [-0.4, -0.2) is 29.3 Å². The maximum Gasteiger partial charge on any atom is 0.368 e. The first-order chi connectivity index (χ1) is 6.40. The highest BCUT2D eigenvalue weighted by molar-refractivity contribution is 5.86. The van der Waals surface area contributed by atoms with Crippen LogP contribution in [0, 0.1) is 0 Å². The zero-order valence-corrected chi connectivity index (χ0v) is 6.95. The molecule has 0 aromatic carbocycles. The van der Waals surface area contributed by atoms with Gasteiger partial charge in [0.2, 0.25) is 0 Å². The summed E-state index contributed by atoms with van der Waals surface area (Å²) in [6.45, 7) is 0. The van der Waals surface area contributed by atoms with Crippen LogP contribution in [0.3, 0.4) is 0 Å². The first-order valence-electron chi connectivity index (χ1n) is 3.17. The smallest absolute Gasteiger partial charge is 0.368 e. The summed E-state index contributed by atoms with van der Waals surface area (Å²) in [4.78, 5) is 20.0. The highest BCUT2D eigenvalue weighted by Crippen LogP contribution is 2.18. The molecule has 0 amide bonds. The lowest BCUT2D eigenvalue weighted by atomic mass is 10.3. The third-order valence-corrected chi connectivity index (χ3v) is 1.06. The molecule has 0 atom stereocenters. The Balaban J connectivity index is 5.19. The Kier molecular flexibility index (Phi) is 4.27. The van der Waals surface area contributed by atoms with E-state index in [9.17, 15) is 18.4 Å². The molecule has 0 aromatic heterocycles. The third kappa shape index (κ3) is 3.21. The van der Waals surface area contributed by atoms with Gasteiger partial charge in [-0.05, 0) is 0 Å². The zero-order valence-electron chi connectivity index (χ0n) is 6.95. The van der Waals surface area contributed by atoms with Crippen molar-refractivity contribution in [2.75, 3.05) is 7.11 Å². The molecule has 0 aromatic rings. The molecule has 0 unspecified atom stereocenters. The molecule has 0 heterocycles. The van der Waals surface area contributed by atoms with Crippen molar-refractivity contribution in [3.8, 4) is 0 Å². The van der Waals surface area contributed by atoms with E-state index in [1.165, 1.54) is 0 Å². The van der Waals surface area contributed by atoms with Crippen molar-refractivity contribution in [1.82, 2.24) is 0 Å². The van der Waals surface area contributed by atoms with Crippen LogP contribution in [0.2, 0.25) is 0 Å². The molecule has 0 aliphatic carbocycles. The van der Waals surface area contributed by atoms with Crippen molar-refractivity contribution in [2.45, 2.75) is 0 Å². The van der Waals surface area contributed by atoms with Gasteiger partial charge in [-0.3, -0.25) is 0 Å². The summed E-state index contributed by atoms with van der Waals surface area (Å²) >= 11 is 0. The molecule has 0 saturated heterocycles. The molecule has 0 bridgehead atoms. The number of carbonyl (C=O) groups is 2. The minimum absolute atomic E-state index is 0.0125. The molecule has 0 saturated carbocycles. The van der Waals surface area contributed by atoms with Crippen LogP contribution in [0.15, 0.2) is 23.5 Å². The van der Waals surface area contributed by atoms with Crippen LogP contribution in [0.25, 0.3) is 0 Å². The Hall–Kier alpha value is -1.92. The molecule has 0 aliphatic heterocycles. The topological polar surface area (TPSA) is 83.8 Å². The van der Waals surface area contributed by atoms with Crippen LogP contribution in [0.1, 0.15) is 0 Å². The summed E-state index contributed by atoms with van der Waals surface area (Å²) in [6.07, 6.45) is -0.0125. The predicted octanol–water partition coefficient (Wildman–Crippen LogP) is 0.837. The second-order valence-corrected chi connectivity index (χ2v) is 1.98. The molecule has 5 nitrogen and oxygen atoms in total. The lowest BCUT2D eigenvalue weighted by Gasteiger charge is -2.02. The van der Waals surface area contributed by atoms with E-state index in [1.807, 2.05) is 0 Å². The Bertz CT molecular complexity index is 318. The number of carboxylic acid groups (broad SMARTS) is 2. The van der Waals surface area contributed by atoms with Crippen molar-refractivity contribution < 1.29 is 33.3 Å². The number of halogens is 2. The molecule has 0 rings (SSSR count). The van der Waals surface area contributed by atoms with E-state index in [0.717, 1.165) is 7.11 Å². The van der Waals surface area contributed by atoms with E-state index in [2.05, 4.69) is 4.74 Å². The fourth-order valence-electron chi connectivity index (χ4n) is 0.563. The maximum atomic E-state index is 12.7. The normalized spacial score (nSPS) is 13.2. The second kappa shape index (κ2) is 4.95. The van der Waals surface area contributed by atoms with Gasteiger partial charge in [-0.15, -0.1) is 0 Å². The number of allylic oxidation sites excluding steroid dienone is 1. The predicted molar refractivity (Wildman–Crippen MR) is 39.6 cm³/mol. The molecule has 2 N–H and O–H groups in total. The van der Waals surface area contributed by atoms with E-state index in [1.54, 1.807) is 0 Å². The number of hydrogen-bond donors (Lipinski definition) is 2. The lowest BCUT2D eigenvalue weighted by molar-refractivity contribution is -0.135. The van der Waals surface area contributed by atoms with Gasteiger partial charge >= 0.3 is 11.9 Å². The Labute approximate surface area is 76.9 Å². The SMILES string of the molecule is COC(C(F)=CC(=O)O)=C(F)C(=O)O. The van der Waals surface area contributed by atoms with Crippen molar-refractivity contribution >= 4 is 11.9 Å². The number of aliphatic carboxylic acids is 2. The Morgan fingerprint density at radius 2 is 1.79 bits per heavy atom. The summed E-state index contributed by atoms with van der Waals surface area (Å²) in [6, 6.07) is 0. The molecule has 14 heavy (non-hydrogen) atoms. The van der Waals surface area contributed by atoms with Crippen molar-refractivity contribution in [2.24, 2.45) is 0 Å². The van der Waals surface area contributed by atoms with Gasteiger partial charge in [0, 0.05) is 0 Å². The number of carboxylic acids is 2. The number of ether oxygens (including phenoxy) is 1. The standard InChI is InChI=1S/C7H6F2O5/c1-14-6(5(9)7(12)13)3(8)2-4(10)11/h2H,1H3,(H,10,11)(H,12,13). The van der Waals surface area contributed by atoms with Gasteiger partial charge in [-0.25, -0.2) is 14.0 Å². The molecule has 0 aliphatic rings. The number of methoxy groups -OCH3 is 1. The third-order valence-electron chi connectivity index (χ3n) is 1.06. The molecule has 0 fully saturated rings. The Morgan fingerprint density at radius 1 is 1.29 bits per heavy atom. The zero-order chi connectivity index (χ0) is 11.3. The average Bonchev–Trinajstić information content (AvgIpc) is 2.03. The summed E-state index contributed by atoms with van der Waals surface area (Å²) in [5, 5.41) is 16.2. The lowest BCUT2D eigenvalue weighted by Crippen LogP contribution is -2.03. The molecule has 0 spiro atoms. The summed E-state index contributed by atoms with van der Waals surface area (Å²) < 4.78 is 29.3. The summed E-state index contributed by atoms with van der Waals surface area (Å²) in [5.41, 5.74) is 0. The van der Waals surface area contributed by atoms with E-state index in [0.29, 0.717) is 0 Å². The Morgan fingerprint density at radius 3 is 2.07 bits per heavy atom. The monoisotopic (exact) mass is 208 g/mol. The molecule has 7 heteroatoms. The summed E-state index contributed by atoms with van der Waals surface area (Å²) in [7, 11) is 0.813. The highest BCUT2D eigenvalue weighted by Gasteiger charge is 2.19. The fraction of sp³-hybridized carbons (Fsp3) is 0.143. The minimum atomic E-state index is -2.05. The minimum Gasteiger partial charge on any atom is -0.491 e. The quantitative estimate of drug-likeness (QED) is 0.406. The highest BCUT2D eigenvalue weighted by atomic mass is 19.1. The molecular weight excluding hydrogens is 202 g/mol. The van der Waals surface area contributed by atoms with Gasteiger partial charge in [-0.1, -0.05) is 0 Å². The fourth-order valence-corrected chi connectivity index (χ4v) is 0.563. The van der Waals surface area contributed by atoms with Crippen LogP contribution in [0.5, 0.6) is 0 Å². The van der Waals surface area contributed by atoms with Crippen LogP contribution in [-0.2, 0) is 14.3 Å². The largest absolute Gasteiger partial charge is 0.491 e. The van der Waals surface area contributed by atoms with E-state index >= 15 is 0 Å². The maximum absolute atomic E-state index is 12.7. The van der Waals surface area contributed by atoms with Crippen LogP contribution >= 0.6 is 0 Å². The number of rotatable bonds is 4. The van der Waals surface area contributed by atoms with E-state index < -0.39 is 29.4 Å². The van der Waals surface area contributed by atoms with E-state index in [-0.39, 0.29) is 6.08 Å². The number of hydrogen-bond acceptors (Lipinski definition) is 3. The van der Waals surface area contributed by atoms with Crippen LogP contribution in [0.4, 0.5) is 8.78 Å². The van der Waals surface area contributed by atoms with Crippen molar-refractivity contribution in [1.29, 1.82) is 0 Å². The van der Waals surface area contributed by atoms with Gasteiger partial charge < -0.3 is 14.9 Å². The molecular formula is C7H6F2O5. The van der Waals surface area contributed by atoms with Crippen molar-refractivity contribution in [3.05, 3.63) is 23.5 Å². The van der Waals surface area contributed by atoms with E-state index in [4.69, 9.17) is 10.2 Å². The first-order valence-corrected chi connectivity index (χ1v) is 3.17. The van der Waals surface area contributed by atoms with Crippen molar-refractivity contribution in [3.63, 3.8) is 0 Å². The average molecular weight is 208 g/mol.